The van der Waals surface area contributed by atoms with Crippen molar-refractivity contribution in [2.24, 2.45) is 5.92 Å². The van der Waals surface area contributed by atoms with E-state index in [0.29, 0.717) is 6.04 Å². The van der Waals surface area contributed by atoms with Crippen LogP contribution in [0.4, 0.5) is 0 Å². The van der Waals surface area contributed by atoms with Crippen molar-refractivity contribution in [3.05, 3.63) is 11.6 Å². The largest absolute Gasteiger partial charge is 0.381 e. The molecule has 2 nitrogen and oxygen atoms in total. The van der Waals surface area contributed by atoms with Gasteiger partial charge in [-0.05, 0) is 51.5 Å². The van der Waals surface area contributed by atoms with E-state index in [4.69, 9.17) is 4.74 Å². The maximum Gasteiger partial charge on any atom is 0.0495 e. The number of hydrogen-bond acceptors (Lipinski definition) is 2. The number of rotatable bonds is 4. The molecule has 0 spiro atoms. The molecule has 0 aromatic rings. The zero-order chi connectivity index (χ0) is 11.9. The lowest BCUT2D eigenvalue weighted by atomic mass is 9.89. The van der Waals surface area contributed by atoms with E-state index in [1.165, 1.54) is 51.4 Å². The molecule has 0 aromatic heterocycles. The van der Waals surface area contributed by atoms with Gasteiger partial charge in [0.05, 0.1) is 0 Å². The third-order valence-electron chi connectivity index (χ3n) is 4.22. The highest BCUT2D eigenvalue weighted by atomic mass is 16.5. The minimum absolute atomic E-state index is 0.597. The van der Waals surface area contributed by atoms with Gasteiger partial charge < -0.3 is 10.1 Å². The van der Waals surface area contributed by atoms with Crippen molar-refractivity contribution < 1.29 is 4.74 Å². The third kappa shape index (κ3) is 4.11. The highest BCUT2D eigenvalue weighted by Gasteiger charge is 2.22. The molecule has 0 saturated carbocycles. The van der Waals surface area contributed by atoms with Gasteiger partial charge in [-0.3, -0.25) is 0 Å². The van der Waals surface area contributed by atoms with Crippen LogP contribution in [0.3, 0.4) is 0 Å². The Balaban J connectivity index is 1.89. The Labute approximate surface area is 106 Å². The van der Waals surface area contributed by atoms with E-state index in [1.807, 2.05) is 0 Å². The molecule has 2 atom stereocenters. The minimum Gasteiger partial charge on any atom is -0.381 e. The van der Waals surface area contributed by atoms with Gasteiger partial charge in [0.25, 0.3) is 0 Å². The van der Waals surface area contributed by atoms with Crippen molar-refractivity contribution in [3.8, 4) is 0 Å². The molecule has 1 saturated heterocycles. The van der Waals surface area contributed by atoms with Gasteiger partial charge in [-0.1, -0.05) is 24.5 Å². The first-order valence-corrected chi connectivity index (χ1v) is 7.34. The molecular weight excluding hydrogens is 210 g/mol. The molecule has 0 radical (unpaired) electrons. The summed E-state index contributed by atoms with van der Waals surface area (Å²) in [5, 5.41) is 3.52. The Morgan fingerprint density at radius 1 is 1.35 bits per heavy atom. The molecule has 0 aromatic carbocycles. The van der Waals surface area contributed by atoms with Crippen LogP contribution in [0.5, 0.6) is 0 Å². The Morgan fingerprint density at radius 2 is 2.24 bits per heavy atom. The number of hydrogen-bond donors (Lipinski definition) is 1. The Bertz CT molecular complexity index is 243. The monoisotopic (exact) mass is 237 g/mol. The number of allylic oxidation sites excluding steroid dienone is 1. The van der Waals surface area contributed by atoms with Gasteiger partial charge in [0.1, 0.15) is 0 Å². The van der Waals surface area contributed by atoms with Gasteiger partial charge in [-0.15, -0.1) is 0 Å². The molecule has 1 heterocycles. The summed E-state index contributed by atoms with van der Waals surface area (Å²) in [5.74, 6) is 0.777. The molecule has 98 valence electrons. The second kappa shape index (κ2) is 7.17. The van der Waals surface area contributed by atoms with Gasteiger partial charge >= 0.3 is 0 Å². The van der Waals surface area contributed by atoms with E-state index in [9.17, 15) is 0 Å². The molecule has 1 aliphatic heterocycles. The Kier molecular flexibility index (Phi) is 5.53. The van der Waals surface area contributed by atoms with Crippen molar-refractivity contribution in [3.63, 3.8) is 0 Å². The second-order valence-corrected chi connectivity index (χ2v) is 5.54. The molecule has 1 fully saturated rings. The van der Waals surface area contributed by atoms with Gasteiger partial charge in [-0.2, -0.15) is 0 Å². The zero-order valence-corrected chi connectivity index (χ0v) is 11.2. The van der Waals surface area contributed by atoms with Crippen LogP contribution < -0.4 is 5.32 Å². The molecule has 2 aliphatic rings. The SMILES string of the molecule is CNC(CC1CCOC1)C1=CCCCCCC1. The fourth-order valence-corrected chi connectivity index (χ4v) is 3.09. The van der Waals surface area contributed by atoms with E-state index in [0.717, 1.165) is 19.1 Å². The van der Waals surface area contributed by atoms with Crippen LogP contribution in [-0.4, -0.2) is 26.3 Å². The van der Waals surface area contributed by atoms with Crippen molar-refractivity contribution in [1.29, 1.82) is 0 Å². The summed E-state index contributed by atoms with van der Waals surface area (Å²) in [4.78, 5) is 0. The Hall–Kier alpha value is -0.340. The van der Waals surface area contributed by atoms with Crippen molar-refractivity contribution >= 4 is 0 Å². The maximum atomic E-state index is 5.49. The molecular formula is C15H27NO. The summed E-state index contributed by atoms with van der Waals surface area (Å²) in [5.41, 5.74) is 1.67. The van der Waals surface area contributed by atoms with Crippen LogP contribution in [0.15, 0.2) is 11.6 Å². The maximum absolute atomic E-state index is 5.49. The quantitative estimate of drug-likeness (QED) is 0.758. The predicted molar refractivity (Wildman–Crippen MR) is 72.2 cm³/mol. The third-order valence-corrected chi connectivity index (χ3v) is 4.22. The number of likely N-dealkylation sites (N-methyl/N-ethyl adjacent to an activating group) is 1. The standard InChI is InChI=1S/C15H27NO/c1-16-15(11-13-9-10-17-12-13)14-7-5-3-2-4-6-8-14/h7,13,15-16H,2-6,8-12H2,1H3. The highest BCUT2D eigenvalue weighted by Crippen LogP contribution is 2.25. The molecule has 0 amide bonds. The first-order valence-electron chi connectivity index (χ1n) is 7.34. The molecule has 17 heavy (non-hydrogen) atoms. The summed E-state index contributed by atoms with van der Waals surface area (Å²) in [6, 6.07) is 0.597. The second-order valence-electron chi connectivity index (χ2n) is 5.54. The van der Waals surface area contributed by atoms with Crippen LogP contribution >= 0.6 is 0 Å². The molecule has 1 N–H and O–H groups in total. The van der Waals surface area contributed by atoms with Crippen LogP contribution in [0.1, 0.15) is 51.4 Å². The summed E-state index contributed by atoms with van der Waals surface area (Å²) < 4.78 is 5.49. The highest BCUT2D eigenvalue weighted by molar-refractivity contribution is 5.12. The van der Waals surface area contributed by atoms with Gasteiger partial charge in [0.15, 0.2) is 0 Å². The average Bonchev–Trinajstić information content (AvgIpc) is 2.79. The predicted octanol–water partition coefficient (Wildman–Crippen LogP) is 3.28. The molecule has 2 unspecified atom stereocenters. The summed E-state index contributed by atoms with van der Waals surface area (Å²) >= 11 is 0. The number of ether oxygens (including phenoxy) is 1. The summed E-state index contributed by atoms with van der Waals surface area (Å²) in [6.45, 7) is 1.95. The molecule has 2 heteroatoms. The summed E-state index contributed by atoms with van der Waals surface area (Å²) in [6.07, 6.45) is 13.2. The first kappa shape index (κ1) is 13.1. The van der Waals surface area contributed by atoms with E-state index in [-0.39, 0.29) is 0 Å². The normalized spacial score (nSPS) is 28.3. The van der Waals surface area contributed by atoms with Gasteiger partial charge in [0.2, 0.25) is 0 Å². The average molecular weight is 237 g/mol. The topological polar surface area (TPSA) is 21.3 Å². The van der Waals surface area contributed by atoms with Crippen molar-refractivity contribution in [2.45, 2.75) is 57.4 Å². The fourth-order valence-electron chi connectivity index (χ4n) is 3.09. The van der Waals surface area contributed by atoms with E-state index in [1.54, 1.807) is 5.57 Å². The van der Waals surface area contributed by atoms with Gasteiger partial charge in [0, 0.05) is 19.3 Å². The van der Waals surface area contributed by atoms with Crippen LogP contribution in [0.25, 0.3) is 0 Å². The zero-order valence-electron chi connectivity index (χ0n) is 11.2. The van der Waals surface area contributed by atoms with E-state index >= 15 is 0 Å². The lowest BCUT2D eigenvalue weighted by Gasteiger charge is -2.24. The molecule has 2 rings (SSSR count). The van der Waals surface area contributed by atoms with Crippen molar-refractivity contribution in [2.75, 3.05) is 20.3 Å². The number of nitrogens with one attached hydrogen (secondary N) is 1. The molecule has 0 bridgehead atoms. The smallest absolute Gasteiger partial charge is 0.0495 e. The lowest BCUT2D eigenvalue weighted by Crippen LogP contribution is -2.30. The minimum atomic E-state index is 0.597. The summed E-state index contributed by atoms with van der Waals surface area (Å²) in [7, 11) is 2.11. The van der Waals surface area contributed by atoms with Crippen LogP contribution in [-0.2, 0) is 4.74 Å². The van der Waals surface area contributed by atoms with Crippen LogP contribution in [0.2, 0.25) is 0 Å². The molecule has 1 aliphatic carbocycles. The Morgan fingerprint density at radius 3 is 3.00 bits per heavy atom. The van der Waals surface area contributed by atoms with Gasteiger partial charge in [-0.25, -0.2) is 0 Å². The van der Waals surface area contributed by atoms with E-state index < -0.39 is 0 Å². The fraction of sp³-hybridized carbons (Fsp3) is 0.867. The lowest BCUT2D eigenvalue weighted by molar-refractivity contribution is 0.182. The van der Waals surface area contributed by atoms with Crippen LogP contribution in [0, 0.1) is 5.92 Å². The van der Waals surface area contributed by atoms with Crippen molar-refractivity contribution in [1.82, 2.24) is 5.32 Å². The van der Waals surface area contributed by atoms with E-state index in [2.05, 4.69) is 18.4 Å². The first-order chi connectivity index (χ1) is 8.40.